The summed E-state index contributed by atoms with van der Waals surface area (Å²) in [5.41, 5.74) is 1.52. The smallest absolute Gasteiger partial charge is 0.204 e. The summed E-state index contributed by atoms with van der Waals surface area (Å²) in [6.45, 7) is 4.97. The molecule has 0 saturated carbocycles. The van der Waals surface area contributed by atoms with E-state index in [0.717, 1.165) is 5.56 Å². The number of benzene rings is 1. The summed E-state index contributed by atoms with van der Waals surface area (Å²) in [6.07, 6.45) is 1.47. The van der Waals surface area contributed by atoms with E-state index in [1.54, 1.807) is 26.0 Å². The average molecular weight is 300 g/mol. The van der Waals surface area contributed by atoms with Crippen LogP contribution in [0.1, 0.15) is 25.0 Å². The van der Waals surface area contributed by atoms with Crippen molar-refractivity contribution in [3.63, 3.8) is 0 Å². The molecule has 0 bridgehead atoms. The standard InChI is InChI=1S/C13H16O4S2/c1-9(2)18(14,15)8-12-7-11-6-10(3)4-5-13(11)19(12,16)17/h4-7,9H,8H2,1-3H3. The van der Waals surface area contributed by atoms with Gasteiger partial charge >= 0.3 is 0 Å². The molecule has 1 aliphatic rings. The lowest BCUT2D eigenvalue weighted by atomic mass is 10.1. The Morgan fingerprint density at radius 3 is 2.42 bits per heavy atom. The summed E-state index contributed by atoms with van der Waals surface area (Å²) in [4.78, 5) is 0.175. The molecule has 0 radical (unpaired) electrons. The van der Waals surface area contributed by atoms with Gasteiger partial charge < -0.3 is 0 Å². The Hall–Kier alpha value is -1.14. The molecule has 0 saturated heterocycles. The fourth-order valence-electron chi connectivity index (χ4n) is 1.90. The van der Waals surface area contributed by atoms with Gasteiger partial charge in [-0.3, -0.25) is 0 Å². The summed E-state index contributed by atoms with van der Waals surface area (Å²) in [7, 11) is -7.08. The van der Waals surface area contributed by atoms with Crippen molar-refractivity contribution in [3.05, 3.63) is 34.2 Å². The Labute approximate surface area is 114 Å². The van der Waals surface area contributed by atoms with Crippen LogP contribution < -0.4 is 0 Å². The van der Waals surface area contributed by atoms with E-state index in [9.17, 15) is 16.8 Å². The molecule has 0 spiro atoms. The first-order chi connectivity index (χ1) is 8.64. The van der Waals surface area contributed by atoms with Crippen LogP contribution >= 0.6 is 0 Å². The summed E-state index contributed by atoms with van der Waals surface area (Å²) >= 11 is 0. The minimum Gasteiger partial charge on any atom is -0.228 e. The summed E-state index contributed by atoms with van der Waals surface area (Å²) in [5.74, 6) is -0.430. The summed E-state index contributed by atoms with van der Waals surface area (Å²) in [6, 6.07) is 5.00. The van der Waals surface area contributed by atoms with Gasteiger partial charge in [0, 0.05) is 0 Å². The van der Waals surface area contributed by atoms with Crippen molar-refractivity contribution < 1.29 is 16.8 Å². The number of aryl methyl sites for hydroxylation is 1. The maximum atomic E-state index is 12.3. The first-order valence-corrected chi connectivity index (χ1v) is 9.12. The highest BCUT2D eigenvalue weighted by Crippen LogP contribution is 2.34. The van der Waals surface area contributed by atoms with E-state index in [1.807, 2.05) is 6.92 Å². The molecule has 1 aromatic rings. The van der Waals surface area contributed by atoms with Crippen LogP contribution in [-0.2, 0) is 19.7 Å². The molecule has 0 unspecified atom stereocenters. The van der Waals surface area contributed by atoms with Crippen LogP contribution in [0.2, 0.25) is 0 Å². The molecule has 104 valence electrons. The van der Waals surface area contributed by atoms with Gasteiger partial charge in [-0.1, -0.05) is 17.7 Å². The minimum atomic E-state index is -3.65. The van der Waals surface area contributed by atoms with E-state index in [4.69, 9.17) is 0 Å². The van der Waals surface area contributed by atoms with Gasteiger partial charge in [0.15, 0.2) is 9.84 Å². The van der Waals surface area contributed by atoms with Crippen molar-refractivity contribution in [1.29, 1.82) is 0 Å². The van der Waals surface area contributed by atoms with Crippen molar-refractivity contribution in [2.75, 3.05) is 5.75 Å². The van der Waals surface area contributed by atoms with Crippen LogP contribution in [0.15, 0.2) is 28.0 Å². The van der Waals surface area contributed by atoms with Crippen molar-refractivity contribution in [3.8, 4) is 0 Å². The molecule has 1 heterocycles. The number of hydrogen-bond donors (Lipinski definition) is 0. The highest BCUT2D eigenvalue weighted by molar-refractivity contribution is 7.98. The topological polar surface area (TPSA) is 68.3 Å². The molecule has 0 atom stereocenters. The van der Waals surface area contributed by atoms with E-state index in [2.05, 4.69) is 0 Å². The Morgan fingerprint density at radius 2 is 1.84 bits per heavy atom. The largest absolute Gasteiger partial charge is 0.228 e. The fourth-order valence-corrected chi connectivity index (χ4v) is 5.07. The van der Waals surface area contributed by atoms with Crippen LogP contribution in [0.5, 0.6) is 0 Å². The average Bonchev–Trinajstić information content (AvgIpc) is 2.49. The zero-order chi connectivity index (χ0) is 14.4. The highest BCUT2D eigenvalue weighted by atomic mass is 32.2. The molecule has 19 heavy (non-hydrogen) atoms. The Bertz CT molecular complexity index is 754. The number of fused-ring (bicyclic) bond motifs is 1. The van der Waals surface area contributed by atoms with E-state index in [-0.39, 0.29) is 9.80 Å². The van der Waals surface area contributed by atoms with Crippen LogP contribution in [0, 0.1) is 6.92 Å². The van der Waals surface area contributed by atoms with E-state index in [0.29, 0.717) is 5.56 Å². The molecule has 1 aliphatic heterocycles. The lowest BCUT2D eigenvalue weighted by molar-refractivity contribution is 0.587. The fraction of sp³-hybridized carbons (Fsp3) is 0.385. The Morgan fingerprint density at radius 1 is 1.21 bits per heavy atom. The van der Waals surface area contributed by atoms with E-state index in [1.165, 1.54) is 12.1 Å². The summed E-state index contributed by atoms with van der Waals surface area (Å²) < 4.78 is 48.3. The maximum Gasteiger partial charge on any atom is 0.204 e. The molecular formula is C13H16O4S2. The van der Waals surface area contributed by atoms with Gasteiger partial charge in [0.05, 0.1) is 20.8 Å². The Kier molecular flexibility index (Phi) is 3.35. The van der Waals surface area contributed by atoms with E-state index < -0.39 is 30.7 Å². The third-order valence-electron chi connectivity index (χ3n) is 3.18. The third kappa shape index (κ3) is 2.47. The second-order valence-electron chi connectivity index (χ2n) is 5.01. The third-order valence-corrected chi connectivity index (χ3v) is 7.41. The van der Waals surface area contributed by atoms with Crippen molar-refractivity contribution in [2.24, 2.45) is 0 Å². The molecule has 1 aromatic carbocycles. The zero-order valence-corrected chi connectivity index (χ0v) is 12.7. The lowest BCUT2D eigenvalue weighted by Gasteiger charge is -2.08. The van der Waals surface area contributed by atoms with Gasteiger partial charge in [-0.25, -0.2) is 16.8 Å². The van der Waals surface area contributed by atoms with Crippen LogP contribution in [0.4, 0.5) is 0 Å². The number of rotatable bonds is 3. The minimum absolute atomic E-state index is 0.0261. The quantitative estimate of drug-likeness (QED) is 0.855. The zero-order valence-electron chi connectivity index (χ0n) is 11.0. The number of hydrogen-bond acceptors (Lipinski definition) is 4. The lowest BCUT2D eigenvalue weighted by Crippen LogP contribution is -2.21. The predicted octanol–water partition coefficient (Wildman–Crippen LogP) is 1.95. The maximum absolute atomic E-state index is 12.3. The van der Waals surface area contributed by atoms with Gasteiger partial charge in [-0.05, 0) is 38.5 Å². The molecular weight excluding hydrogens is 284 g/mol. The van der Waals surface area contributed by atoms with Gasteiger partial charge in [0.25, 0.3) is 0 Å². The van der Waals surface area contributed by atoms with Gasteiger partial charge in [-0.2, -0.15) is 0 Å². The first kappa shape index (κ1) is 14.3. The van der Waals surface area contributed by atoms with E-state index >= 15 is 0 Å². The highest BCUT2D eigenvalue weighted by Gasteiger charge is 2.33. The second-order valence-corrected chi connectivity index (χ2v) is 9.54. The molecule has 4 nitrogen and oxygen atoms in total. The molecule has 2 rings (SSSR count). The number of sulfone groups is 2. The predicted molar refractivity (Wildman–Crippen MR) is 75.3 cm³/mol. The SMILES string of the molecule is Cc1ccc2c(c1)C=C(CS(=O)(=O)C(C)C)S2(=O)=O. The molecule has 0 aliphatic carbocycles. The van der Waals surface area contributed by atoms with Gasteiger partial charge in [0.2, 0.25) is 9.84 Å². The van der Waals surface area contributed by atoms with Crippen molar-refractivity contribution in [2.45, 2.75) is 30.9 Å². The molecule has 0 aromatic heterocycles. The molecule has 0 N–H and O–H groups in total. The molecule has 0 fully saturated rings. The molecule has 0 amide bonds. The summed E-state index contributed by atoms with van der Waals surface area (Å²) in [5, 5.41) is -0.589. The van der Waals surface area contributed by atoms with Crippen molar-refractivity contribution >= 4 is 25.8 Å². The Balaban J connectivity index is 2.50. The first-order valence-electron chi connectivity index (χ1n) is 5.92. The van der Waals surface area contributed by atoms with Gasteiger partial charge in [0.1, 0.15) is 0 Å². The van der Waals surface area contributed by atoms with Gasteiger partial charge in [-0.15, -0.1) is 0 Å². The van der Waals surface area contributed by atoms with Crippen LogP contribution in [0.25, 0.3) is 6.08 Å². The normalized spacial score (nSPS) is 17.4. The van der Waals surface area contributed by atoms with Crippen LogP contribution in [0.3, 0.4) is 0 Å². The molecule has 6 heteroatoms. The van der Waals surface area contributed by atoms with Crippen molar-refractivity contribution in [1.82, 2.24) is 0 Å². The second kappa shape index (κ2) is 4.45. The monoisotopic (exact) mass is 300 g/mol. The van der Waals surface area contributed by atoms with Crippen LogP contribution in [-0.4, -0.2) is 27.8 Å².